The Balaban J connectivity index is 2.16. The van der Waals surface area contributed by atoms with Crippen LogP contribution in [0.25, 0.3) is 10.9 Å². The minimum absolute atomic E-state index is 0.0980. The summed E-state index contributed by atoms with van der Waals surface area (Å²) in [5, 5.41) is 3.14. The molecule has 1 aromatic heterocycles. The van der Waals surface area contributed by atoms with E-state index in [0.29, 0.717) is 23.1 Å². The first-order chi connectivity index (χ1) is 9.94. The van der Waals surface area contributed by atoms with Crippen molar-refractivity contribution in [1.29, 1.82) is 0 Å². The van der Waals surface area contributed by atoms with Crippen LogP contribution in [0.4, 0.5) is 5.69 Å². The average molecular weight is 310 g/mol. The molecular weight excluding hydrogens is 292 g/mol. The molecule has 0 aliphatic heterocycles. The Morgan fingerprint density at radius 2 is 2.14 bits per heavy atom. The number of anilines is 1. The molecule has 0 saturated heterocycles. The van der Waals surface area contributed by atoms with Gasteiger partial charge in [-0.15, -0.1) is 0 Å². The summed E-state index contributed by atoms with van der Waals surface area (Å²) in [4.78, 5) is 14.4. The fourth-order valence-corrected chi connectivity index (χ4v) is 3.06. The maximum absolute atomic E-state index is 12.2. The SMILES string of the molecule is CCCNC(=O)CNS(=O)(=O)c1c[nH]c2cc(N)ccc12. The molecule has 0 fully saturated rings. The molecule has 114 valence electrons. The highest BCUT2D eigenvalue weighted by molar-refractivity contribution is 7.89. The van der Waals surface area contributed by atoms with Crippen LogP contribution in [-0.4, -0.2) is 32.4 Å². The molecule has 0 saturated carbocycles. The minimum Gasteiger partial charge on any atom is -0.399 e. The Labute approximate surface area is 123 Å². The Morgan fingerprint density at radius 1 is 1.38 bits per heavy atom. The lowest BCUT2D eigenvalue weighted by atomic mass is 10.2. The van der Waals surface area contributed by atoms with Crippen LogP contribution in [0.2, 0.25) is 0 Å². The zero-order valence-electron chi connectivity index (χ0n) is 11.6. The number of benzene rings is 1. The van der Waals surface area contributed by atoms with Gasteiger partial charge in [-0.1, -0.05) is 6.92 Å². The van der Waals surface area contributed by atoms with E-state index in [2.05, 4.69) is 15.0 Å². The number of rotatable bonds is 6. The second kappa shape index (κ2) is 6.15. The lowest BCUT2D eigenvalue weighted by Crippen LogP contribution is -2.37. The van der Waals surface area contributed by atoms with Crippen LogP contribution in [0, 0.1) is 0 Å². The molecule has 5 N–H and O–H groups in total. The number of nitrogens with two attached hydrogens (primary N) is 1. The number of fused-ring (bicyclic) bond motifs is 1. The van der Waals surface area contributed by atoms with Crippen molar-refractivity contribution in [2.24, 2.45) is 0 Å². The fourth-order valence-electron chi connectivity index (χ4n) is 1.90. The number of aromatic amines is 1. The lowest BCUT2D eigenvalue weighted by molar-refractivity contribution is -0.119. The van der Waals surface area contributed by atoms with Crippen LogP contribution >= 0.6 is 0 Å². The molecule has 21 heavy (non-hydrogen) atoms. The molecule has 2 rings (SSSR count). The van der Waals surface area contributed by atoms with Crippen LogP contribution in [0.1, 0.15) is 13.3 Å². The average Bonchev–Trinajstić information content (AvgIpc) is 2.86. The number of carbonyl (C=O) groups is 1. The number of H-pyrrole nitrogens is 1. The summed E-state index contributed by atoms with van der Waals surface area (Å²) in [5.41, 5.74) is 6.82. The van der Waals surface area contributed by atoms with Gasteiger partial charge in [0.2, 0.25) is 15.9 Å². The Hall–Kier alpha value is -2.06. The number of carbonyl (C=O) groups excluding carboxylic acids is 1. The van der Waals surface area contributed by atoms with Crippen molar-refractivity contribution in [1.82, 2.24) is 15.0 Å². The van der Waals surface area contributed by atoms with Gasteiger partial charge in [-0.2, -0.15) is 0 Å². The van der Waals surface area contributed by atoms with Gasteiger partial charge < -0.3 is 16.0 Å². The molecule has 0 aliphatic carbocycles. The molecule has 0 spiro atoms. The van der Waals surface area contributed by atoms with Gasteiger partial charge in [-0.25, -0.2) is 13.1 Å². The summed E-state index contributed by atoms with van der Waals surface area (Å²) >= 11 is 0. The van der Waals surface area contributed by atoms with Crippen molar-refractivity contribution in [3.8, 4) is 0 Å². The number of nitrogens with one attached hydrogen (secondary N) is 3. The zero-order valence-corrected chi connectivity index (χ0v) is 12.5. The molecule has 0 unspecified atom stereocenters. The molecule has 0 atom stereocenters. The van der Waals surface area contributed by atoms with Gasteiger partial charge >= 0.3 is 0 Å². The monoisotopic (exact) mass is 310 g/mol. The second-order valence-corrected chi connectivity index (χ2v) is 6.37. The van der Waals surface area contributed by atoms with E-state index in [9.17, 15) is 13.2 Å². The van der Waals surface area contributed by atoms with E-state index in [1.807, 2.05) is 6.92 Å². The van der Waals surface area contributed by atoms with Crippen LogP contribution in [-0.2, 0) is 14.8 Å². The third kappa shape index (κ3) is 3.53. The Morgan fingerprint density at radius 3 is 2.86 bits per heavy atom. The van der Waals surface area contributed by atoms with Gasteiger partial charge in [-0.3, -0.25) is 4.79 Å². The third-order valence-electron chi connectivity index (χ3n) is 2.95. The Kier molecular flexibility index (Phi) is 4.49. The van der Waals surface area contributed by atoms with E-state index in [4.69, 9.17) is 5.73 Å². The maximum Gasteiger partial charge on any atom is 0.243 e. The van der Waals surface area contributed by atoms with Crippen LogP contribution in [0.3, 0.4) is 0 Å². The molecule has 1 aromatic carbocycles. The second-order valence-electron chi connectivity index (χ2n) is 4.63. The van der Waals surface area contributed by atoms with Crippen LogP contribution in [0.5, 0.6) is 0 Å². The summed E-state index contributed by atoms with van der Waals surface area (Å²) in [6, 6.07) is 4.92. The first-order valence-electron chi connectivity index (χ1n) is 6.57. The van der Waals surface area contributed by atoms with Crippen molar-refractivity contribution >= 4 is 32.5 Å². The first kappa shape index (κ1) is 15.3. The van der Waals surface area contributed by atoms with Crippen LogP contribution < -0.4 is 15.8 Å². The van der Waals surface area contributed by atoms with Gasteiger partial charge in [0.1, 0.15) is 4.90 Å². The molecule has 2 aromatic rings. The van der Waals surface area contributed by atoms with E-state index < -0.39 is 10.0 Å². The van der Waals surface area contributed by atoms with Gasteiger partial charge in [0.05, 0.1) is 6.54 Å². The van der Waals surface area contributed by atoms with E-state index >= 15 is 0 Å². The van der Waals surface area contributed by atoms with Crippen molar-refractivity contribution in [3.05, 3.63) is 24.4 Å². The summed E-state index contributed by atoms with van der Waals surface area (Å²) in [7, 11) is -3.76. The molecule has 0 radical (unpaired) electrons. The van der Waals surface area contributed by atoms with E-state index in [0.717, 1.165) is 6.42 Å². The molecule has 1 amide bonds. The van der Waals surface area contributed by atoms with E-state index in [1.165, 1.54) is 6.20 Å². The standard InChI is InChI=1S/C13H18N4O3S/c1-2-5-15-13(18)8-17-21(19,20)12-7-16-11-6-9(14)3-4-10(11)12/h3-4,6-7,16-17H,2,5,8,14H2,1H3,(H,15,18). The van der Waals surface area contributed by atoms with Gasteiger partial charge in [-0.05, 0) is 24.6 Å². The smallest absolute Gasteiger partial charge is 0.243 e. The molecule has 8 heteroatoms. The molecule has 0 bridgehead atoms. The van der Waals surface area contributed by atoms with E-state index in [1.54, 1.807) is 18.2 Å². The van der Waals surface area contributed by atoms with E-state index in [-0.39, 0.29) is 17.3 Å². The van der Waals surface area contributed by atoms with Crippen molar-refractivity contribution in [3.63, 3.8) is 0 Å². The summed E-state index contributed by atoms with van der Waals surface area (Å²) in [6.45, 7) is 2.15. The molecular formula is C13H18N4O3S. The summed E-state index contributed by atoms with van der Waals surface area (Å²) < 4.78 is 26.7. The van der Waals surface area contributed by atoms with Gasteiger partial charge in [0, 0.05) is 29.3 Å². The number of aromatic nitrogens is 1. The minimum atomic E-state index is -3.76. The van der Waals surface area contributed by atoms with Crippen LogP contribution in [0.15, 0.2) is 29.3 Å². The topological polar surface area (TPSA) is 117 Å². The summed E-state index contributed by atoms with van der Waals surface area (Å²) in [6.07, 6.45) is 2.18. The quantitative estimate of drug-likeness (QED) is 0.583. The highest BCUT2D eigenvalue weighted by atomic mass is 32.2. The summed E-state index contributed by atoms with van der Waals surface area (Å²) in [5.74, 6) is -0.357. The maximum atomic E-state index is 12.2. The number of sulfonamides is 1. The molecule has 7 nitrogen and oxygen atoms in total. The highest BCUT2D eigenvalue weighted by Crippen LogP contribution is 2.24. The van der Waals surface area contributed by atoms with Crippen molar-refractivity contribution in [2.75, 3.05) is 18.8 Å². The zero-order chi connectivity index (χ0) is 15.5. The molecule has 0 aliphatic rings. The van der Waals surface area contributed by atoms with Crippen molar-refractivity contribution < 1.29 is 13.2 Å². The number of amides is 1. The highest BCUT2D eigenvalue weighted by Gasteiger charge is 2.19. The predicted molar refractivity (Wildman–Crippen MR) is 81.2 cm³/mol. The predicted octanol–water partition coefficient (Wildman–Crippen LogP) is 0.555. The largest absolute Gasteiger partial charge is 0.399 e. The number of hydrogen-bond acceptors (Lipinski definition) is 4. The van der Waals surface area contributed by atoms with Gasteiger partial charge in [0.25, 0.3) is 0 Å². The number of nitrogen functional groups attached to an aromatic ring is 1. The normalized spacial score (nSPS) is 11.7. The Bertz CT molecular complexity index is 752. The molecule has 1 heterocycles. The lowest BCUT2D eigenvalue weighted by Gasteiger charge is -2.06. The fraction of sp³-hybridized carbons (Fsp3) is 0.308. The first-order valence-corrected chi connectivity index (χ1v) is 8.05. The van der Waals surface area contributed by atoms with Crippen molar-refractivity contribution in [2.45, 2.75) is 18.2 Å². The third-order valence-corrected chi connectivity index (χ3v) is 4.39. The van der Waals surface area contributed by atoms with Gasteiger partial charge in [0.15, 0.2) is 0 Å². The number of hydrogen-bond donors (Lipinski definition) is 4.